The standard InChI is InChI=1S/C21H28FN3O2/c22-18-3-1-15(2-4-18)11-16-7-9-24(10-8-16)21(27)23-13-17-12-20(26)25(14-17)19-5-6-19/h1-4,16-17,19H,5-14H2,(H,23,27)/t17-/m1/s1. The Morgan fingerprint density at radius 1 is 1.07 bits per heavy atom. The van der Waals surface area contributed by atoms with Crippen LogP contribution in [0.4, 0.5) is 9.18 Å². The van der Waals surface area contributed by atoms with E-state index in [0.717, 1.165) is 57.3 Å². The number of amides is 3. The summed E-state index contributed by atoms with van der Waals surface area (Å²) in [5.74, 6) is 0.838. The number of urea groups is 1. The van der Waals surface area contributed by atoms with Crippen molar-refractivity contribution in [1.82, 2.24) is 15.1 Å². The van der Waals surface area contributed by atoms with E-state index in [1.807, 2.05) is 21.9 Å². The van der Waals surface area contributed by atoms with Gasteiger partial charge in [-0.2, -0.15) is 0 Å². The molecule has 2 heterocycles. The lowest BCUT2D eigenvalue weighted by Gasteiger charge is -2.32. The van der Waals surface area contributed by atoms with Crippen molar-refractivity contribution in [1.29, 1.82) is 0 Å². The zero-order valence-corrected chi connectivity index (χ0v) is 15.7. The molecule has 1 aliphatic carbocycles. The van der Waals surface area contributed by atoms with Crippen LogP contribution in [0.1, 0.15) is 37.7 Å². The fourth-order valence-corrected chi connectivity index (χ4v) is 4.32. The second kappa shape index (κ2) is 7.87. The zero-order valence-electron chi connectivity index (χ0n) is 15.7. The van der Waals surface area contributed by atoms with Crippen molar-refractivity contribution in [3.05, 3.63) is 35.6 Å². The molecule has 1 atom stereocenters. The molecule has 2 saturated heterocycles. The van der Waals surface area contributed by atoms with Crippen LogP contribution in [0.25, 0.3) is 0 Å². The molecular weight excluding hydrogens is 345 g/mol. The smallest absolute Gasteiger partial charge is 0.317 e. The van der Waals surface area contributed by atoms with E-state index in [4.69, 9.17) is 0 Å². The van der Waals surface area contributed by atoms with Crippen LogP contribution in [0.15, 0.2) is 24.3 Å². The zero-order chi connectivity index (χ0) is 18.8. The van der Waals surface area contributed by atoms with Crippen LogP contribution in [-0.2, 0) is 11.2 Å². The van der Waals surface area contributed by atoms with Crippen LogP contribution in [0.5, 0.6) is 0 Å². The number of rotatable bonds is 5. The predicted octanol–water partition coefficient (Wildman–Crippen LogP) is 2.80. The molecule has 1 saturated carbocycles. The van der Waals surface area contributed by atoms with Crippen LogP contribution < -0.4 is 5.32 Å². The predicted molar refractivity (Wildman–Crippen MR) is 101 cm³/mol. The quantitative estimate of drug-likeness (QED) is 0.863. The third-order valence-corrected chi connectivity index (χ3v) is 6.11. The average Bonchev–Trinajstić information content (AvgIpc) is 3.45. The van der Waals surface area contributed by atoms with Gasteiger partial charge in [-0.15, -0.1) is 0 Å². The van der Waals surface area contributed by atoms with Crippen molar-refractivity contribution in [3.63, 3.8) is 0 Å². The molecule has 0 bridgehead atoms. The summed E-state index contributed by atoms with van der Waals surface area (Å²) >= 11 is 0. The molecule has 0 aromatic heterocycles. The fourth-order valence-electron chi connectivity index (χ4n) is 4.32. The number of carbonyl (C=O) groups excluding carboxylic acids is 2. The minimum Gasteiger partial charge on any atom is -0.339 e. The minimum absolute atomic E-state index is 0.00690. The topological polar surface area (TPSA) is 52.7 Å². The second-order valence-electron chi connectivity index (χ2n) is 8.29. The molecule has 3 amide bonds. The highest BCUT2D eigenvalue weighted by atomic mass is 19.1. The molecule has 4 rings (SSSR count). The Bertz CT molecular complexity index is 681. The summed E-state index contributed by atoms with van der Waals surface area (Å²) in [7, 11) is 0. The highest BCUT2D eigenvalue weighted by Gasteiger charge is 2.39. The lowest BCUT2D eigenvalue weighted by molar-refractivity contribution is -0.128. The maximum Gasteiger partial charge on any atom is 0.317 e. The molecule has 0 radical (unpaired) electrons. The van der Waals surface area contributed by atoms with Crippen molar-refractivity contribution in [3.8, 4) is 0 Å². The highest BCUT2D eigenvalue weighted by molar-refractivity contribution is 5.79. The first kappa shape index (κ1) is 18.3. The lowest BCUT2D eigenvalue weighted by atomic mass is 9.90. The van der Waals surface area contributed by atoms with Crippen LogP contribution in [0.2, 0.25) is 0 Å². The summed E-state index contributed by atoms with van der Waals surface area (Å²) in [5, 5.41) is 3.03. The second-order valence-corrected chi connectivity index (χ2v) is 8.29. The SMILES string of the molecule is O=C(NC[C@H]1CC(=O)N(C2CC2)C1)N1CCC(Cc2ccc(F)cc2)CC1. The van der Waals surface area contributed by atoms with Gasteiger partial charge in [0.15, 0.2) is 0 Å². The molecule has 5 nitrogen and oxygen atoms in total. The normalized spacial score (nSPS) is 23.7. The average molecular weight is 373 g/mol. The molecule has 3 aliphatic rings. The molecule has 2 aliphatic heterocycles. The number of nitrogens with zero attached hydrogens (tertiary/aromatic N) is 2. The molecule has 146 valence electrons. The first-order chi connectivity index (χ1) is 13.1. The van der Waals surface area contributed by atoms with Gasteiger partial charge in [-0.1, -0.05) is 12.1 Å². The molecule has 0 unspecified atom stereocenters. The van der Waals surface area contributed by atoms with Gasteiger partial charge in [-0.05, 0) is 55.7 Å². The Kier molecular flexibility index (Phi) is 5.32. The van der Waals surface area contributed by atoms with E-state index in [-0.39, 0.29) is 23.7 Å². The molecule has 0 spiro atoms. The maximum atomic E-state index is 13.0. The monoisotopic (exact) mass is 373 g/mol. The fraction of sp³-hybridized carbons (Fsp3) is 0.619. The summed E-state index contributed by atoms with van der Waals surface area (Å²) in [6.07, 6.45) is 5.73. The summed E-state index contributed by atoms with van der Waals surface area (Å²) in [5.41, 5.74) is 1.16. The van der Waals surface area contributed by atoms with Crippen molar-refractivity contribution >= 4 is 11.9 Å². The number of hydrogen-bond donors (Lipinski definition) is 1. The van der Waals surface area contributed by atoms with Gasteiger partial charge in [0, 0.05) is 44.6 Å². The van der Waals surface area contributed by atoms with Gasteiger partial charge < -0.3 is 15.1 Å². The van der Waals surface area contributed by atoms with Gasteiger partial charge in [0.2, 0.25) is 5.91 Å². The van der Waals surface area contributed by atoms with Crippen molar-refractivity contribution in [2.24, 2.45) is 11.8 Å². The Hall–Kier alpha value is -2.11. The Balaban J connectivity index is 1.17. The van der Waals surface area contributed by atoms with Crippen LogP contribution in [0.3, 0.4) is 0 Å². The van der Waals surface area contributed by atoms with Gasteiger partial charge >= 0.3 is 6.03 Å². The molecule has 1 aromatic carbocycles. The third kappa shape index (κ3) is 4.60. The van der Waals surface area contributed by atoms with Gasteiger partial charge in [-0.25, -0.2) is 9.18 Å². The van der Waals surface area contributed by atoms with Crippen molar-refractivity contribution < 1.29 is 14.0 Å². The van der Waals surface area contributed by atoms with Crippen molar-refractivity contribution in [2.75, 3.05) is 26.2 Å². The van der Waals surface area contributed by atoms with E-state index in [1.165, 1.54) is 12.1 Å². The number of likely N-dealkylation sites (tertiary alicyclic amines) is 2. The van der Waals surface area contributed by atoms with E-state index in [2.05, 4.69) is 5.32 Å². The number of hydrogen-bond acceptors (Lipinski definition) is 2. The molecule has 1 aromatic rings. The number of nitrogens with one attached hydrogen (secondary N) is 1. The Labute approximate surface area is 159 Å². The van der Waals surface area contributed by atoms with Gasteiger partial charge in [0.25, 0.3) is 0 Å². The summed E-state index contributed by atoms with van der Waals surface area (Å²) in [4.78, 5) is 28.3. The van der Waals surface area contributed by atoms with Crippen LogP contribution in [0, 0.1) is 17.7 Å². The van der Waals surface area contributed by atoms with E-state index in [9.17, 15) is 14.0 Å². The van der Waals surface area contributed by atoms with Crippen LogP contribution in [-0.4, -0.2) is 54.0 Å². The Morgan fingerprint density at radius 2 is 1.78 bits per heavy atom. The van der Waals surface area contributed by atoms with E-state index in [1.54, 1.807) is 0 Å². The lowest BCUT2D eigenvalue weighted by Crippen LogP contribution is -2.46. The molecule has 3 fully saturated rings. The largest absolute Gasteiger partial charge is 0.339 e. The first-order valence-corrected chi connectivity index (χ1v) is 10.1. The number of carbonyl (C=O) groups is 2. The van der Waals surface area contributed by atoms with Crippen LogP contribution >= 0.6 is 0 Å². The summed E-state index contributed by atoms with van der Waals surface area (Å²) in [6.45, 7) is 2.90. The summed E-state index contributed by atoms with van der Waals surface area (Å²) in [6, 6.07) is 7.18. The first-order valence-electron chi connectivity index (χ1n) is 10.1. The maximum absolute atomic E-state index is 13.0. The van der Waals surface area contributed by atoms with Crippen molar-refractivity contribution in [2.45, 2.75) is 44.6 Å². The highest BCUT2D eigenvalue weighted by Crippen LogP contribution is 2.32. The van der Waals surface area contributed by atoms with E-state index < -0.39 is 0 Å². The van der Waals surface area contributed by atoms with Gasteiger partial charge in [0.1, 0.15) is 5.82 Å². The van der Waals surface area contributed by atoms with Gasteiger partial charge in [0.05, 0.1) is 0 Å². The number of halogens is 1. The molecule has 6 heteroatoms. The van der Waals surface area contributed by atoms with Gasteiger partial charge in [-0.3, -0.25) is 4.79 Å². The van der Waals surface area contributed by atoms with E-state index in [0.29, 0.717) is 24.9 Å². The Morgan fingerprint density at radius 3 is 2.44 bits per heavy atom. The number of piperidine rings is 1. The van der Waals surface area contributed by atoms with E-state index >= 15 is 0 Å². The number of benzene rings is 1. The molecular formula is C21H28FN3O2. The summed E-state index contributed by atoms with van der Waals surface area (Å²) < 4.78 is 13.0. The molecule has 27 heavy (non-hydrogen) atoms. The molecule has 1 N–H and O–H groups in total. The minimum atomic E-state index is -0.200. The third-order valence-electron chi connectivity index (χ3n) is 6.11.